The molecule has 0 radical (unpaired) electrons. The number of hydrogen-bond acceptors (Lipinski definition) is 0. The van der Waals surface area contributed by atoms with Crippen molar-refractivity contribution in [3.05, 3.63) is 60.7 Å². The van der Waals surface area contributed by atoms with Crippen molar-refractivity contribution in [2.24, 2.45) is 0 Å². The van der Waals surface area contributed by atoms with Gasteiger partial charge in [-0.1, -0.05) is 49.2 Å². The van der Waals surface area contributed by atoms with E-state index in [1.807, 2.05) is 6.08 Å². The van der Waals surface area contributed by atoms with Crippen LogP contribution in [0, 0.1) is 13.0 Å². The number of hydrogen-bond donors (Lipinski definition) is 0. The molecule has 0 amide bonds. The Morgan fingerprint density at radius 2 is 1.88 bits per heavy atom. The molecule has 0 saturated carbocycles. The smallest absolute Gasteiger partial charge is 0.504 e. The van der Waals surface area contributed by atoms with Crippen LogP contribution in [0.5, 0.6) is 0 Å². The molecule has 0 bridgehead atoms. The van der Waals surface area contributed by atoms with Crippen molar-refractivity contribution >= 4 is 0 Å². The minimum atomic E-state index is 0. The zero-order chi connectivity index (χ0) is 11.3. The molecule has 0 saturated heterocycles. The molecule has 0 aromatic heterocycles. The van der Waals surface area contributed by atoms with Gasteiger partial charge in [-0.25, -0.2) is 0 Å². The maximum atomic E-state index is 3.94. The summed E-state index contributed by atoms with van der Waals surface area (Å²) in [6.45, 7) is 11.9. The number of aryl methyl sites for hydroxylation is 1. The summed E-state index contributed by atoms with van der Waals surface area (Å²) >= 11 is 0. The van der Waals surface area contributed by atoms with Crippen LogP contribution in [-0.4, -0.2) is 0 Å². The van der Waals surface area contributed by atoms with Crippen molar-refractivity contribution in [1.82, 2.24) is 0 Å². The average Bonchev–Trinajstić information content (AvgIpc) is 2.27. The van der Waals surface area contributed by atoms with Crippen LogP contribution in [0.15, 0.2) is 43.5 Å². The first kappa shape index (κ1) is 15.3. The Hall–Kier alpha value is -0.703. The fraction of sp³-hybridized carbons (Fsp3) is 0.333. The fourth-order valence-electron chi connectivity index (χ4n) is 1.65. The van der Waals surface area contributed by atoms with E-state index in [9.17, 15) is 0 Å². The SMILES string of the molecule is C=[C-]CCC(C)(C=C)c1ccc(C)cc1.[Li+]. The summed E-state index contributed by atoms with van der Waals surface area (Å²) in [6.07, 6.45) is 6.88. The van der Waals surface area contributed by atoms with Crippen molar-refractivity contribution in [2.45, 2.75) is 32.1 Å². The molecule has 0 heterocycles. The molecule has 16 heavy (non-hydrogen) atoms. The molecule has 0 spiro atoms. The van der Waals surface area contributed by atoms with Gasteiger partial charge >= 0.3 is 18.9 Å². The second-order valence-electron chi connectivity index (χ2n) is 4.24. The van der Waals surface area contributed by atoms with E-state index in [0.717, 1.165) is 12.8 Å². The molecule has 0 aliphatic carbocycles. The van der Waals surface area contributed by atoms with E-state index in [1.54, 1.807) is 0 Å². The van der Waals surface area contributed by atoms with Gasteiger partial charge in [0.25, 0.3) is 0 Å². The third-order valence-electron chi connectivity index (χ3n) is 2.98. The van der Waals surface area contributed by atoms with Gasteiger partial charge in [0.05, 0.1) is 0 Å². The van der Waals surface area contributed by atoms with Crippen LogP contribution in [0.3, 0.4) is 0 Å². The van der Waals surface area contributed by atoms with Gasteiger partial charge in [-0.15, -0.1) is 6.58 Å². The first-order valence-corrected chi connectivity index (χ1v) is 5.33. The summed E-state index contributed by atoms with van der Waals surface area (Å²) in [5.74, 6) is 0. The predicted molar refractivity (Wildman–Crippen MR) is 66.8 cm³/mol. The quantitative estimate of drug-likeness (QED) is 0.386. The summed E-state index contributed by atoms with van der Waals surface area (Å²) in [4.78, 5) is 0. The van der Waals surface area contributed by atoms with Crippen molar-refractivity contribution in [3.8, 4) is 0 Å². The molecular weight excluding hydrogens is 187 g/mol. The molecule has 1 heteroatoms. The Kier molecular flexibility index (Phi) is 6.49. The van der Waals surface area contributed by atoms with Crippen LogP contribution in [0.1, 0.15) is 30.9 Å². The van der Waals surface area contributed by atoms with E-state index < -0.39 is 0 Å². The van der Waals surface area contributed by atoms with Gasteiger partial charge in [0.1, 0.15) is 0 Å². The monoisotopic (exact) mass is 206 g/mol. The van der Waals surface area contributed by atoms with Crippen LogP contribution in [0.2, 0.25) is 0 Å². The van der Waals surface area contributed by atoms with Gasteiger partial charge in [-0.3, -0.25) is 6.58 Å². The number of rotatable bonds is 5. The molecule has 0 nitrogen and oxygen atoms in total. The summed E-state index contributed by atoms with van der Waals surface area (Å²) < 4.78 is 0. The molecule has 0 N–H and O–H groups in total. The molecule has 0 aliphatic heterocycles. The van der Waals surface area contributed by atoms with E-state index in [1.165, 1.54) is 11.1 Å². The third-order valence-corrected chi connectivity index (χ3v) is 2.98. The Morgan fingerprint density at radius 1 is 1.31 bits per heavy atom. The van der Waals surface area contributed by atoms with Gasteiger partial charge in [-0.05, 0) is 12.5 Å². The number of benzene rings is 1. The van der Waals surface area contributed by atoms with Crippen LogP contribution >= 0.6 is 0 Å². The maximum absolute atomic E-state index is 3.94. The summed E-state index contributed by atoms with van der Waals surface area (Å²) in [5, 5.41) is 0. The van der Waals surface area contributed by atoms with Crippen molar-refractivity contribution in [3.63, 3.8) is 0 Å². The minimum Gasteiger partial charge on any atom is -0.504 e. The van der Waals surface area contributed by atoms with Gasteiger partial charge < -0.3 is 6.08 Å². The first-order valence-electron chi connectivity index (χ1n) is 5.33. The Morgan fingerprint density at radius 3 is 2.31 bits per heavy atom. The second kappa shape index (κ2) is 6.79. The Bertz CT molecular complexity index is 337. The largest absolute Gasteiger partial charge is 1.00 e. The van der Waals surface area contributed by atoms with E-state index in [-0.39, 0.29) is 24.3 Å². The fourth-order valence-corrected chi connectivity index (χ4v) is 1.65. The maximum Gasteiger partial charge on any atom is 1.00 e. The van der Waals surface area contributed by atoms with Crippen LogP contribution in [-0.2, 0) is 5.41 Å². The van der Waals surface area contributed by atoms with Crippen molar-refractivity contribution < 1.29 is 18.9 Å². The Labute approximate surface area is 112 Å². The predicted octanol–water partition coefficient (Wildman–Crippen LogP) is 1.21. The van der Waals surface area contributed by atoms with Crippen LogP contribution in [0.4, 0.5) is 0 Å². The normalized spacial score (nSPS) is 13.4. The van der Waals surface area contributed by atoms with Crippen LogP contribution in [0.25, 0.3) is 0 Å². The van der Waals surface area contributed by atoms with E-state index in [4.69, 9.17) is 0 Å². The zero-order valence-corrected chi connectivity index (χ0v) is 10.7. The van der Waals surface area contributed by atoms with E-state index in [0.29, 0.717) is 0 Å². The number of allylic oxidation sites excluding steroid dienone is 2. The van der Waals surface area contributed by atoms with Crippen molar-refractivity contribution in [1.29, 1.82) is 0 Å². The third kappa shape index (κ3) is 3.70. The first-order chi connectivity index (χ1) is 7.12. The topological polar surface area (TPSA) is 0 Å². The van der Waals surface area contributed by atoms with Gasteiger partial charge in [0, 0.05) is 5.41 Å². The van der Waals surface area contributed by atoms with E-state index in [2.05, 4.69) is 57.3 Å². The Balaban J connectivity index is 0.00000225. The molecule has 0 fully saturated rings. The minimum absolute atomic E-state index is 0. The molecule has 1 aromatic rings. The molecule has 1 aromatic carbocycles. The van der Waals surface area contributed by atoms with Gasteiger partial charge in [0.2, 0.25) is 0 Å². The summed E-state index contributed by atoms with van der Waals surface area (Å²) in [7, 11) is 0. The second-order valence-corrected chi connectivity index (χ2v) is 4.24. The molecule has 1 atom stereocenters. The summed E-state index contributed by atoms with van der Waals surface area (Å²) in [5.41, 5.74) is 2.65. The molecular formula is C15H19Li. The summed E-state index contributed by atoms with van der Waals surface area (Å²) in [6, 6.07) is 8.66. The van der Waals surface area contributed by atoms with E-state index >= 15 is 0 Å². The van der Waals surface area contributed by atoms with Gasteiger partial charge in [0.15, 0.2) is 0 Å². The van der Waals surface area contributed by atoms with Gasteiger partial charge in [-0.2, -0.15) is 6.42 Å². The van der Waals surface area contributed by atoms with Crippen LogP contribution < -0.4 is 18.9 Å². The van der Waals surface area contributed by atoms with Crippen molar-refractivity contribution in [2.75, 3.05) is 0 Å². The molecule has 0 aliphatic rings. The average molecular weight is 206 g/mol. The standard InChI is InChI=1S/C15H19.Li/c1-5-7-12-15(4,6-2)14-10-8-13(3)9-11-14;/h6,8-11H,1-2,7,12H2,3-4H3;/q-1;+1. The zero-order valence-electron chi connectivity index (χ0n) is 10.7. The molecule has 80 valence electrons. The molecule has 1 unspecified atom stereocenters. The molecule has 1 rings (SSSR count).